The summed E-state index contributed by atoms with van der Waals surface area (Å²) in [4.78, 5) is 0. The van der Waals surface area contributed by atoms with Gasteiger partial charge in [0.05, 0.1) is 5.69 Å². The Labute approximate surface area is 116 Å². The van der Waals surface area contributed by atoms with Crippen molar-refractivity contribution in [3.05, 3.63) is 53.7 Å². The molecule has 0 aliphatic carbocycles. The Balaban J connectivity index is 1.92. The van der Waals surface area contributed by atoms with Crippen LogP contribution in [-0.4, -0.2) is 10.4 Å². The number of benzene rings is 1. The molecule has 0 aliphatic heterocycles. The summed E-state index contributed by atoms with van der Waals surface area (Å²) in [6.07, 6.45) is 3.38. The molecule has 1 atom stereocenters. The van der Waals surface area contributed by atoms with Crippen molar-refractivity contribution in [3.8, 4) is 11.1 Å². The van der Waals surface area contributed by atoms with Crippen molar-refractivity contribution in [1.29, 1.82) is 0 Å². The zero-order valence-corrected chi connectivity index (χ0v) is 11.7. The highest BCUT2D eigenvalue weighted by Crippen LogP contribution is 2.27. The topological polar surface area (TPSA) is 55.9 Å². The molecule has 0 saturated carbocycles. The van der Waals surface area contributed by atoms with E-state index < -0.39 is 0 Å². The first-order valence-corrected chi connectivity index (χ1v) is 6.52. The quantitative estimate of drug-likeness (QED) is 0.687. The van der Waals surface area contributed by atoms with Gasteiger partial charge in [-0.2, -0.15) is 0 Å². The van der Waals surface area contributed by atoms with E-state index in [-0.39, 0.29) is 6.04 Å². The van der Waals surface area contributed by atoms with Gasteiger partial charge in [-0.15, -0.1) is 0 Å². The predicted octanol–water partition coefficient (Wildman–Crippen LogP) is 2.84. The Morgan fingerprint density at radius 1 is 1.15 bits per heavy atom. The first-order valence-electron chi connectivity index (χ1n) is 6.52. The summed E-state index contributed by atoms with van der Waals surface area (Å²) in [6, 6.07) is 8.48. The van der Waals surface area contributed by atoms with Crippen molar-refractivity contribution in [2.75, 3.05) is 0 Å². The third-order valence-corrected chi connectivity index (χ3v) is 3.53. The lowest BCUT2D eigenvalue weighted by molar-refractivity contribution is -0.774. The van der Waals surface area contributed by atoms with Crippen LogP contribution < -0.4 is 4.68 Å². The van der Waals surface area contributed by atoms with E-state index >= 15 is 0 Å². The van der Waals surface area contributed by atoms with Gasteiger partial charge in [-0.25, -0.2) is 0 Å². The second-order valence-corrected chi connectivity index (χ2v) is 4.85. The van der Waals surface area contributed by atoms with Crippen LogP contribution in [-0.2, 0) is 0 Å². The zero-order chi connectivity index (χ0) is 14.1. The van der Waals surface area contributed by atoms with E-state index in [1.54, 1.807) is 10.9 Å². The summed E-state index contributed by atoms with van der Waals surface area (Å²) in [5.41, 5.74) is 4.26. The minimum atomic E-state index is 0.132. The van der Waals surface area contributed by atoms with Crippen molar-refractivity contribution in [2.45, 2.75) is 26.8 Å². The molecule has 0 saturated heterocycles. The molecule has 102 valence electrons. The van der Waals surface area contributed by atoms with Crippen molar-refractivity contribution >= 4 is 0 Å². The molecule has 0 amide bonds. The fourth-order valence-electron chi connectivity index (χ4n) is 2.37. The van der Waals surface area contributed by atoms with E-state index in [4.69, 9.17) is 9.05 Å². The van der Waals surface area contributed by atoms with Gasteiger partial charge in [0.1, 0.15) is 5.76 Å². The van der Waals surface area contributed by atoms with Crippen LogP contribution in [0.1, 0.15) is 30.0 Å². The summed E-state index contributed by atoms with van der Waals surface area (Å²) in [7, 11) is 0. The minimum Gasteiger partial charge on any atom is -0.361 e. The molecule has 0 spiro atoms. The molecule has 20 heavy (non-hydrogen) atoms. The smallest absolute Gasteiger partial charge is 0.238 e. The Bertz CT molecular complexity index is 680. The Hall–Kier alpha value is -2.43. The maximum absolute atomic E-state index is 5.21. The van der Waals surface area contributed by atoms with E-state index in [1.807, 2.05) is 20.0 Å². The van der Waals surface area contributed by atoms with Gasteiger partial charge in [-0.3, -0.25) is 0 Å². The molecule has 0 N–H and O–H groups in total. The molecule has 2 heterocycles. The van der Waals surface area contributed by atoms with Crippen molar-refractivity contribution in [3.63, 3.8) is 0 Å². The van der Waals surface area contributed by atoms with Crippen LogP contribution in [0, 0.1) is 13.8 Å². The first kappa shape index (κ1) is 12.6. The average molecular weight is 270 g/mol. The lowest BCUT2D eigenvalue weighted by atomic mass is 10.0. The zero-order valence-electron chi connectivity index (χ0n) is 11.7. The highest BCUT2D eigenvalue weighted by molar-refractivity contribution is 5.67. The monoisotopic (exact) mass is 270 g/mol. The third kappa shape index (κ3) is 2.11. The first-order chi connectivity index (χ1) is 9.66. The predicted molar refractivity (Wildman–Crippen MR) is 71.9 cm³/mol. The van der Waals surface area contributed by atoms with Crippen LogP contribution in [0.4, 0.5) is 0 Å². The van der Waals surface area contributed by atoms with E-state index in [9.17, 15) is 0 Å². The van der Waals surface area contributed by atoms with Gasteiger partial charge in [0.15, 0.2) is 11.5 Å². The van der Waals surface area contributed by atoms with Crippen LogP contribution in [0.5, 0.6) is 0 Å². The molecule has 0 radical (unpaired) electrons. The van der Waals surface area contributed by atoms with Crippen molar-refractivity contribution in [1.82, 2.24) is 10.4 Å². The Morgan fingerprint density at radius 3 is 2.45 bits per heavy atom. The second kappa shape index (κ2) is 4.92. The van der Waals surface area contributed by atoms with Gasteiger partial charge >= 0.3 is 0 Å². The molecular weight excluding hydrogens is 254 g/mol. The van der Waals surface area contributed by atoms with Gasteiger partial charge in [0.25, 0.3) is 0 Å². The molecule has 3 rings (SSSR count). The fourth-order valence-corrected chi connectivity index (χ4v) is 2.37. The summed E-state index contributed by atoms with van der Waals surface area (Å²) >= 11 is 0. The number of rotatable bonds is 3. The molecule has 2 aromatic heterocycles. The number of hydrogen-bond acceptors (Lipinski definition) is 4. The third-order valence-electron chi connectivity index (χ3n) is 3.53. The van der Waals surface area contributed by atoms with Crippen LogP contribution >= 0.6 is 0 Å². The van der Waals surface area contributed by atoms with E-state index in [0.717, 1.165) is 22.6 Å². The average Bonchev–Trinajstić information content (AvgIpc) is 3.09. The van der Waals surface area contributed by atoms with Crippen LogP contribution in [0.2, 0.25) is 0 Å². The lowest BCUT2D eigenvalue weighted by Gasteiger charge is -2.05. The van der Waals surface area contributed by atoms with E-state index in [2.05, 4.69) is 41.6 Å². The van der Waals surface area contributed by atoms with Crippen molar-refractivity contribution in [2.24, 2.45) is 0 Å². The standard InChI is InChI=1S/C15H16N3O2/c1-10-15(12(3)20-16-10)14-6-4-13(5-7-14)11(2)18-8-9-19-17-18/h4-9,11H,1-3H3/q+1. The SMILES string of the molecule is Cc1noc(C)c1-c1ccc(C(C)[n+]2ccon2)cc1. The molecule has 3 aromatic rings. The summed E-state index contributed by atoms with van der Waals surface area (Å²) < 4.78 is 11.9. The summed E-state index contributed by atoms with van der Waals surface area (Å²) in [5.74, 6) is 0.842. The molecule has 0 bridgehead atoms. The van der Waals surface area contributed by atoms with Crippen LogP contribution in [0.3, 0.4) is 0 Å². The Kier molecular flexibility index (Phi) is 3.10. The largest absolute Gasteiger partial charge is 0.361 e. The Morgan fingerprint density at radius 2 is 1.90 bits per heavy atom. The van der Waals surface area contributed by atoms with Gasteiger partial charge in [-0.1, -0.05) is 29.4 Å². The van der Waals surface area contributed by atoms with Gasteiger partial charge in [0.2, 0.25) is 12.2 Å². The van der Waals surface area contributed by atoms with Crippen LogP contribution in [0.15, 0.2) is 45.8 Å². The summed E-state index contributed by atoms with van der Waals surface area (Å²) in [5, 5.41) is 7.90. The molecular formula is C15H16N3O2+. The highest BCUT2D eigenvalue weighted by atomic mass is 16.5. The second-order valence-electron chi connectivity index (χ2n) is 4.85. The van der Waals surface area contributed by atoms with Gasteiger partial charge < -0.3 is 9.05 Å². The molecule has 0 aliphatic rings. The number of hydrogen-bond donors (Lipinski definition) is 0. The van der Waals surface area contributed by atoms with Crippen molar-refractivity contribution < 1.29 is 13.7 Å². The number of nitrogens with zero attached hydrogens (tertiary/aromatic N) is 3. The van der Waals surface area contributed by atoms with Gasteiger partial charge in [-0.05, 0) is 24.1 Å². The minimum absolute atomic E-state index is 0.132. The summed E-state index contributed by atoms with van der Waals surface area (Å²) in [6.45, 7) is 5.96. The number of aromatic nitrogens is 3. The molecule has 5 heteroatoms. The normalized spacial score (nSPS) is 12.6. The maximum atomic E-state index is 5.21. The fraction of sp³-hybridized carbons (Fsp3) is 0.267. The number of aryl methyl sites for hydroxylation is 2. The van der Waals surface area contributed by atoms with E-state index in [1.165, 1.54) is 5.56 Å². The highest BCUT2D eigenvalue weighted by Gasteiger charge is 2.19. The molecule has 1 aromatic carbocycles. The molecule has 0 fully saturated rings. The van der Waals surface area contributed by atoms with Gasteiger partial charge in [0, 0.05) is 18.1 Å². The van der Waals surface area contributed by atoms with Crippen LogP contribution in [0.25, 0.3) is 11.1 Å². The molecule has 1 unspecified atom stereocenters. The lowest BCUT2D eigenvalue weighted by Crippen LogP contribution is -2.39. The molecule has 5 nitrogen and oxygen atoms in total. The van der Waals surface area contributed by atoms with E-state index in [0.29, 0.717) is 0 Å². The maximum Gasteiger partial charge on any atom is 0.238 e.